The van der Waals surface area contributed by atoms with Crippen LogP contribution in [0.15, 0.2) is 12.3 Å². The topological polar surface area (TPSA) is 91.9 Å². The fourth-order valence-corrected chi connectivity index (χ4v) is 3.00. The molecule has 7 heteroatoms. The molecule has 7 nitrogen and oxygen atoms in total. The van der Waals surface area contributed by atoms with Crippen LogP contribution in [0.3, 0.4) is 0 Å². The smallest absolute Gasteiger partial charge is 0.337 e. The molecule has 2 aliphatic heterocycles. The molecule has 3 rings (SSSR count). The van der Waals surface area contributed by atoms with E-state index < -0.39 is 5.97 Å². The highest BCUT2D eigenvalue weighted by molar-refractivity contribution is 5.94. The number of anilines is 2. The number of aromatic carboxylic acids is 1. The molecule has 2 fully saturated rings. The van der Waals surface area contributed by atoms with E-state index in [0.717, 1.165) is 45.8 Å². The van der Waals surface area contributed by atoms with Gasteiger partial charge in [-0.15, -0.1) is 0 Å². The molecular weight excluding hydrogens is 272 g/mol. The Bertz CT molecular complexity index is 531. The van der Waals surface area contributed by atoms with Crippen LogP contribution in [-0.4, -0.2) is 66.4 Å². The fraction of sp³-hybridized carbons (Fsp3) is 0.571. The Morgan fingerprint density at radius 2 is 2.14 bits per heavy atom. The minimum Gasteiger partial charge on any atom is -0.478 e. The molecule has 1 aromatic heterocycles. The number of nitrogens with two attached hydrogens (primary N) is 1. The average Bonchev–Trinajstić information content (AvgIpc) is 2.98. The van der Waals surface area contributed by atoms with Crippen molar-refractivity contribution in [3.05, 3.63) is 17.8 Å². The van der Waals surface area contributed by atoms with Gasteiger partial charge in [-0.2, -0.15) is 0 Å². The first-order valence-electron chi connectivity index (χ1n) is 7.20. The zero-order chi connectivity index (χ0) is 14.8. The zero-order valence-corrected chi connectivity index (χ0v) is 11.9. The van der Waals surface area contributed by atoms with Crippen molar-refractivity contribution in [1.82, 2.24) is 9.88 Å². The lowest BCUT2D eigenvalue weighted by Crippen LogP contribution is -2.44. The second kappa shape index (κ2) is 5.87. The van der Waals surface area contributed by atoms with Crippen molar-refractivity contribution in [2.75, 3.05) is 50.0 Å². The molecule has 0 bridgehead atoms. The Morgan fingerprint density at radius 1 is 1.38 bits per heavy atom. The van der Waals surface area contributed by atoms with Crippen molar-refractivity contribution >= 4 is 17.5 Å². The summed E-state index contributed by atoms with van der Waals surface area (Å²) >= 11 is 0. The van der Waals surface area contributed by atoms with Crippen molar-refractivity contribution in [3.63, 3.8) is 0 Å². The second-order valence-corrected chi connectivity index (χ2v) is 5.47. The molecule has 1 atom stereocenters. The number of hydrogen-bond donors (Lipinski definition) is 2. The molecule has 0 aliphatic carbocycles. The second-order valence-electron chi connectivity index (χ2n) is 5.47. The van der Waals surface area contributed by atoms with Gasteiger partial charge in [-0.25, -0.2) is 9.78 Å². The lowest BCUT2D eigenvalue weighted by molar-refractivity contribution is 0.0209. The van der Waals surface area contributed by atoms with E-state index in [1.165, 1.54) is 6.20 Å². The first kappa shape index (κ1) is 14.1. The van der Waals surface area contributed by atoms with E-state index in [1.807, 2.05) is 0 Å². The predicted octanol–water partition coefficient (Wildman–Crippen LogP) is 0.273. The molecule has 0 radical (unpaired) electrons. The van der Waals surface area contributed by atoms with Crippen LogP contribution in [0, 0.1) is 0 Å². The van der Waals surface area contributed by atoms with Gasteiger partial charge in [-0.1, -0.05) is 0 Å². The number of hydrogen-bond acceptors (Lipinski definition) is 6. The minimum absolute atomic E-state index is 0.120. The number of carboxylic acid groups (broad SMARTS) is 1. The van der Waals surface area contributed by atoms with Gasteiger partial charge in [0.25, 0.3) is 0 Å². The molecule has 0 amide bonds. The number of carboxylic acids is 1. The van der Waals surface area contributed by atoms with Gasteiger partial charge in [0, 0.05) is 32.2 Å². The van der Waals surface area contributed by atoms with Crippen LogP contribution in [0.25, 0.3) is 0 Å². The molecule has 0 saturated carbocycles. The first-order valence-corrected chi connectivity index (χ1v) is 7.20. The first-order chi connectivity index (χ1) is 10.1. The van der Waals surface area contributed by atoms with Crippen LogP contribution in [-0.2, 0) is 4.74 Å². The summed E-state index contributed by atoms with van der Waals surface area (Å²) in [5.74, 6) is -0.322. The molecule has 1 unspecified atom stereocenters. The summed E-state index contributed by atoms with van der Waals surface area (Å²) in [6.45, 7) is 5.27. The third-order valence-corrected chi connectivity index (χ3v) is 4.20. The largest absolute Gasteiger partial charge is 0.478 e. The fourth-order valence-electron chi connectivity index (χ4n) is 3.00. The standard InChI is InChI=1S/C14H20N4O3/c15-12-8-16-13(7-11(12)14(19)20)18-2-1-10(9-18)17-3-5-21-6-4-17/h7-8,10H,1-6,9,15H2,(H,19,20). The van der Waals surface area contributed by atoms with Crippen LogP contribution in [0.2, 0.25) is 0 Å². The molecule has 1 aromatic rings. The van der Waals surface area contributed by atoms with Crippen LogP contribution < -0.4 is 10.6 Å². The van der Waals surface area contributed by atoms with Crippen molar-refractivity contribution in [2.24, 2.45) is 0 Å². The third kappa shape index (κ3) is 2.93. The lowest BCUT2D eigenvalue weighted by atomic mass is 10.2. The van der Waals surface area contributed by atoms with Crippen LogP contribution in [0.4, 0.5) is 11.5 Å². The summed E-state index contributed by atoms with van der Waals surface area (Å²) in [6, 6.07) is 2.06. The molecule has 3 N–H and O–H groups in total. The van der Waals surface area contributed by atoms with Gasteiger partial charge >= 0.3 is 5.97 Å². The molecule has 2 aliphatic rings. The number of rotatable bonds is 3. The summed E-state index contributed by atoms with van der Waals surface area (Å²) in [6.07, 6.45) is 2.50. The Balaban J connectivity index is 1.71. The number of nitrogens with zero attached hydrogens (tertiary/aromatic N) is 3. The van der Waals surface area contributed by atoms with Crippen LogP contribution in [0.1, 0.15) is 16.8 Å². The number of nitrogen functional groups attached to an aromatic ring is 1. The van der Waals surface area contributed by atoms with E-state index in [9.17, 15) is 4.79 Å². The number of ether oxygens (including phenoxy) is 1. The molecule has 0 aromatic carbocycles. The third-order valence-electron chi connectivity index (χ3n) is 4.20. The van der Waals surface area contributed by atoms with Gasteiger partial charge in [0.2, 0.25) is 0 Å². The van der Waals surface area contributed by atoms with Gasteiger partial charge in [0.15, 0.2) is 0 Å². The normalized spacial score (nSPS) is 23.4. The summed E-state index contributed by atoms with van der Waals surface area (Å²) in [5.41, 5.74) is 5.97. The Hall–Kier alpha value is -1.86. The molecule has 2 saturated heterocycles. The Kier molecular flexibility index (Phi) is 3.94. The quantitative estimate of drug-likeness (QED) is 0.826. The molecule has 3 heterocycles. The van der Waals surface area contributed by atoms with Crippen molar-refractivity contribution < 1.29 is 14.6 Å². The van der Waals surface area contributed by atoms with Gasteiger partial charge in [0.05, 0.1) is 30.7 Å². The summed E-state index contributed by atoms with van der Waals surface area (Å²) in [7, 11) is 0. The van der Waals surface area contributed by atoms with Crippen LogP contribution >= 0.6 is 0 Å². The summed E-state index contributed by atoms with van der Waals surface area (Å²) in [4.78, 5) is 20.0. The lowest BCUT2D eigenvalue weighted by Gasteiger charge is -2.32. The van der Waals surface area contributed by atoms with Gasteiger partial charge in [0.1, 0.15) is 5.82 Å². The van der Waals surface area contributed by atoms with Gasteiger partial charge in [-0.3, -0.25) is 4.90 Å². The number of pyridine rings is 1. The van der Waals surface area contributed by atoms with E-state index in [-0.39, 0.29) is 11.3 Å². The maximum absolute atomic E-state index is 11.2. The maximum atomic E-state index is 11.2. The Labute approximate surface area is 123 Å². The Morgan fingerprint density at radius 3 is 2.86 bits per heavy atom. The SMILES string of the molecule is Nc1cnc(N2CCC(N3CCOCC3)C2)cc1C(=O)O. The predicted molar refractivity (Wildman–Crippen MR) is 78.6 cm³/mol. The highest BCUT2D eigenvalue weighted by atomic mass is 16.5. The molecular formula is C14H20N4O3. The molecule has 114 valence electrons. The van der Waals surface area contributed by atoms with E-state index >= 15 is 0 Å². The minimum atomic E-state index is -1.01. The number of morpholine rings is 1. The molecule has 21 heavy (non-hydrogen) atoms. The van der Waals surface area contributed by atoms with E-state index in [1.54, 1.807) is 6.07 Å². The zero-order valence-electron chi connectivity index (χ0n) is 11.9. The van der Waals surface area contributed by atoms with Crippen LogP contribution in [0.5, 0.6) is 0 Å². The number of carbonyl (C=O) groups is 1. The van der Waals surface area contributed by atoms with Gasteiger partial charge in [-0.05, 0) is 12.5 Å². The van der Waals surface area contributed by atoms with Crippen molar-refractivity contribution in [3.8, 4) is 0 Å². The highest BCUT2D eigenvalue weighted by Crippen LogP contribution is 2.24. The van der Waals surface area contributed by atoms with E-state index in [2.05, 4.69) is 14.8 Å². The van der Waals surface area contributed by atoms with E-state index in [0.29, 0.717) is 11.9 Å². The number of aromatic nitrogens is 1. The van der Waals surface area contributed by atoms with Gasteiger partial charge < -0.3 is 20.5 Å². The van der Waals surface area contributed by atoms with E-state index in [4.69, 9.17) is 15.6 Å². The van der Waals surface area contributed by atoms with Crippen molar-refractivity contribution in [1.29, 1.82) is 0 Å². The average molecular weight is 292 g/mol. The summed E-state index contributed by atoms with van der Waals surface area (Å²) < 4.78 is 5.38. The highest BCUT2D eigenvalue weighted by Gasteiger charge is 2.29. The monoisotopic (exact) mass is 292 g/mol. The maximum Gasteiger partial charge on any atom is 0.337 e. The molecule has 0 spiro atoms. The summed E-state index contributed by atoms with van der Waals surface area (Å²) in [5, 5.41) is 9.14. The van der Waals surface area contributed by atoms with Crippen molar-refractivity contribution in [2.45, 2.75) is 12.5 Å².